The number of nitrogens with zero attached hydrogens (tertiary/aromatic N) is 5. The first-order valence-corrected chi connectivity index (χ1v) is 16.8. The third-order valence-corrected chi connectivity index (χ3v) is 9.89. The number of rotatable bonds is 5. The molecule has 232 valence electrons. The van der Waals surface area contributed by atoms with Crippen LogP contribution in [0.2, 0.25) is 0 Å². The Hall–Kier alpha value is -6.46. The average Bonchev–Trinajstić information content (AvgIpc) is 3.83. The van der Waals surface area contributed by atoms with Gasteiger partial charge in [-0.15, -0.1) is 0 Å². The maximum Gasteiger partial charge on any atom is 0.165 e. The predicted molar refractivity (Wildman–Crippen MR) is 200 cm³/mol. The largest absolute Gasteiger partial charge is 0.333 e. The van der Waals surface area contributed by atoms with Crippen molar-refractivity contribution in [2.45, 2.75) is 12.0 Å². The fourth-order valence-corrected chi connectivity index (χ4v) is 7.86. The molecule has 8 aromatic rings. The third kappa shape index (κ3) is 4.26. The zero-order chi connectivity index (χ0) is 32.3. The molecule has 1 aliphatic heterocycles. The molecule has 5 aromatic carbocycles. The Kier molecular flexibility index (Phi) is 6.24. The van der Waals surface area contributed by atoms with Crippen molar-refractivity contribution in [3.05, 3.63) is 182 Å². The van der Waals surface area contributed by atoms with E-state index in [0.29, 0.717) is 0 Å². The molecule has 0 fully saturated rings. The molecule has 5 nitrogen and oxygen atoms in total. The standard InChI is InChI=1S/C44H31N5/c1-4-15-30(16-5-1)43-46-44-42(49(43)33-20-8-3-9-21-33)41-39(48(44)32-18-6-2-7-19-32)27-26-38-40(41)35-23-10-11-25-37(35)47(38)34-22-14-17-31(29-34)36-24-12-13-28-45-36/h1-29,35,37H. The maximum absolute atomic E-state index is 5.50. The highest BCUT2D eigenvalue weighted by molar-refractivity contribution is 6.13. The molecule has 0 N–H and O–H groups in total. The van der Waals surface area contributed by atoms with Gasteiger partial charge in [-0.25, -0.2) is 4.98 Å². The summed E-state index contributed by atoms with van der Waals surface area (Å²) in [4.78, 5) is 12.7. The SMILES string of the molecule is C1=CC2c3c(ccc4c3c3c(nc(-c5ccccc5)n3-c3ccccc3)n4-c3ccccc3)N(c3cccc(-c4ccccn4)c3)C2C=C1. The summed E-state index contributed by atoms with van der Waals surface area (Å²) in [7, 11) is 0. The first kappa shape index (κ1) is 27.6. The lowest BCUT2D eigenvalue weighted by atomic mass is 9.89. The van der Waals surface area contributed by atoms with Gasteiger partial charge in [-0.05, 0) is 66.2 Å². The topological polar surface area (TPSA) is 38.9 Å². The normalized spacial score (nSPS) is 16.4. The molecule has 1 aliphatic carbocycles. The van der Waals surface area contributed by atoms with Gasteiger partial charge in [0.15, 0.2) is 5.65 Å². The van der Waals surface area contributed by atoms with E-state index in [9.17, 15) is 0 Å². The summed E-state index contributed by atoms with van der Waals surface area (Å²) >= 11 is 0. The van der Waals surface area contributed by atoms with E-state index in [0.717, 1.165) is 56.4 Å². The van der Waals surface area contributed by atoms with Gasteiger partial charge >= 0.3 is 0 Å². The molecule has 0 saturated carbocycles. The van der Waals surface area contributed by atoms with Gasteiger partial charge in [0.1, 0.15) is 11.3 Å². The van der Waals surface area contributed by atoms with Gasteiger partial charge in [-0.2, -0.15) is 0 Å². The van der Waals surface area contributed by atoms with Crippen molar-refractivity contribution >= 4 is 33.4 Å². The van der Waals surface area contributed by atoms with Crippen molar-refractivity contribution < 1.29 is 0 Å². The Morgan fingerprint density at radius 3 is 1.98 bits per heavy atom. The minimum Gasteiger partial charge on any atom is -0.333 e. The summed E-state index contributed by atoms with van der Waals surface area (Å²) in [5.74, 6) is 1.07. The first-order chi connectivity index (χ1) is 24.3. The predicted octanol–water partition coefficient (Wildman–Crippen LogP) is 10.4. The quantitative estimate of drug-likeness (QED) is 0.190. The van der Waals surface area contributed by atoms with Gasteiger partial charge < -0.3 is 4.90 Å². The van der Waals surface area contributed by atoms with E-state index >= 15 is 0 Å². The molecule has 2 unspecified atom stereocenters. The second kappa shape index (κ2) is 11.1. The minimum atomic E-state index is 0.126. The molecule has 0 saturated heterocycles. The number of anilines is 2. The smallest absolute Gasteiger partial charge is 0.165 e. The van der Waals surface area contributed by atoms with E-state index in [-0.39, 0.29) is 12.0 Å². The molecule has 4 heterocycles. The van der Waals surface area contributed by atoms with E-state index in [2.05, 4.69) is 177 Å². The van der Waals surface area contributed by atoms with E-state index in [1.165, 1.54) is 16.6 Å². The fraction of sp³-hybridized carbons (Fsp3) is 0.0455. The molecule has 2 aliphatic rings. The summed E-state index contributed by atoms with van der Waals surface area (Å²) in [5.41, 5.74) is 12.2. The molecular formula is C44H31N5. The molecule has 0 bridgehead atoms. The molecule has 3 aromatic heterocycles. The van der Waals surface area contributed by atoms with Crippen molar-refractivity contribution in [3.63, 3.8) is 0 Å². The molecular weight excluding hydrogens is 599 g/mol. The zero-order valence-corrected chi connectivity index (χ0v) is 26.6. The third-order valence-electron chi connectivity index (χ3n) is 9.89. The number of aromatic nitrogens is 4. The number of para-hydroxylation sites is 2. The zero-order valence-electron chi connectivity index (χ0n) is 26.6. The van der Waals surface area contributed by atoms with Gasteiger partial charge in [0.25, 0.3) is 0 Å². The number of imidazole rings is 1. The Morgan fingerprint density at radius 1 is 0.551 bits per heavy atom. The highest BCUT2D eigenvalue weighted by Crippen LogP contribution is 2.53. The number of hydrogen-bond acceptors (Lipinski definition) is 3. The second-order valence-electron chi connectivity index (χ2n) is 12.6. The molecule has 10 rings (SSSR count). The first-order valence-electron chi connectivity index (χ1n) is 16.8. The van der Waals surface area contributed by atoms with E-state index in [1.54, 1.807) is 0 Å². The Labute approximate surface area is 284 Å². The van der Waals surface area contributed by atoms with Crippen molar-refractivity contribution in [3.8, 4) is 34.0 Å². The van der Waals surface area contributed by atoms with Crippen LogP contribution in [0.4, 0.5) is 11.4 Å². The van der Waals surface area contributed by atoms with Gasteiger partial charge in [-0.3, -0.25) is 14.1 Å². The molecule has 0 amide bonds. The Morgan fingerprint density at radius 2 is 1.22 bits per heavy atom. The van der Waals surface area contributed by atoms with Gasteiger partial charge in [-0.1, -0.05) is 109 Å². The number of allylic oxidation sites excluding steroid dienone is 2. The summed E-state index contributed by atoms with van der Waals surface area (Å²) < 4.78 is 4.72. The highest BCUT2D eigenvalue weighted by Gasteiger charge is 2.40. The van der Waals surface area contributed by atoms with Gasteiger partial charge in [0, 0.05) is 51.4 Å². The Bertz CT molecular complexity index is 2550. The summed E-state index contributed by atoms with van der Waals surface area (Å²) in [6.07, 6.45) is 11.0. The van der Waals surface area contributed by atoms with Gasteiger partial charge in [0.05, 0.1) is 17.3 Å². The summed E-state index contributed by atoms with van der Waals surface area (Å²) in [6, 6.07) is 51.5. The van der Waals surface area contributed by atoms with Crippen molar-refractivity contribution in [2.24, 2.45) is 0 Å². The van der Waals surface area contributed by atoms with Crippen LogP contribution < -0.4 is 4.90 Å². The molecule has 0 spiro atoms. The van der Waals surface area contributed by atoms with Crippen LogP contribution in [0, 0.1) is 0 Å². The van der Waals surface area contributed by atoms with Gasteiger partial charge in [0.2, 0.25) is 0 Å². The summed E-state index contributed by atoms with van der Waals surface area (Å²) in [5, 5.41) is 1.23. The highest BCUT2D eigenvalue weighted by atomic mass is 15.2. The van der Waals surface area contributed by atoms with E-state index in [4.69, 9.17) is 4.98 Å². The average molecular weight is 630 g/mol. The van der Waals surface area contributed by atoms with E-state index < -0.39 is 0 Å². The van der Waals surface area contributed by atoms with Crippen LogP contribution in [0.3, 0.4) is 0 Å². The van der Waals surface area contributed by atoms with Crippen molar-refractivity contribution in [1.29, 1.82) is 0 Å². The number of fused-ring (bicyclic) bond motifs is 7. The molecule has 49 heavy (non-hydrogen) atoms. The number of hydrogen-bond donors (Lipinski definition) is 0. The fourth-order valence-electron chi connectivity index (χ4n) is 7.86. The van der Waals surface area contributed by atoms with E-state index in [1.807, 2.05) is 18.3 Å². The van der Waals surface area contributed by atoms with Crippen LogP contribution in [0.15, 0.2) is 176 Å². The van der Waals surface area contributed by atoms with Crippen LogP contribution in [0.25, 0.3) is 56.1 Å². The molecule has 0 radical (unpaired) electrons. The monoisotopic (exact) mass is 629 g/mol. The number of pyridine rings is 1. The lowest BCUT2D eigenvalue weighted by Crippen LogP contribution is -2.28. The van der Waals surface area contributed by atoms with Crippen LogP contribution in [-0.4, -0.2) is 25.1 Å². The van der Waals surface area contributed by atoms with Crippen LogP contribution >= 0.6 is 0 Å². The van der Waals surface area contributed by atoms with Crippen LogP contribution in [-0.2, 0) is 0 Å². The lowest BCUT2D eigenvalue weighted by Gasteiger charge is -2.29. The van der Waals surface area contributed by atoms with Crippen LogP contribution in [0.5, 0.6) is 0 Å². The number of benzene rings is 5. The maximum atomic E-state index is 5.50. The van der Waals surface area contributed by atoms with Crippen molar-refractivity contribution in [2.75, 3.05) is 4.90 Å². The second-order valence-corrected chi connectivity index (χ2v) is 12.6. The molecule has 2 atom stereocenters. The van der Waals surface area contributed by atoms with Crippen LogP contribution in [0.1, 0.15) is 11.5 Å². The lowest BCUT2D eigenvalue weighted by molar-refractivity contribution is 0.747. The minimum absolute atomic E-state index is 0.126. The Balaban J connectivity index is 1.32. The summed E-state index contributed by atoms with van der Waals surface area (Å²) in [6.45, 7) is 0. The molecule has 5 heteroatoms. The van der Waals surface area contributed by atoms with Crippen molar-refractivity contribution in [1.82, 2.24) is 19.1 Å².